The molecule has 0 saturated carbocycles. The van der Waals surface area contributed by atoms with Gasteiger partial charge in [0, 0.05) is 18.3 Å². The summed E-state index contributed by atoms with van der Waals surface area (Å²) in [6.07, 6.45) is 2.93. The highest BCUT2D eigenvalue weighted by atomic mass is 16.7. The SMILES string of the molecule is Cc1cn([C@H]2CCN3O[C@@H](CO)C[C@H]23)c(=O)[nH]c1=O. The van der Waals surface area contributed by atoms with Crippen LogP contribution in [0, 0.1) is 6.92 Å². The van der Waals surface area contributed by atoms with Gasteiger partial charge in [-0.1, -0.05) is 0 Å². The number of rotatable bonds is 2. The first-order chi connectivity index (χ1) is 9.10. The van der Waals surface area contributed by atoms with Gasteiger partial charge in [0.2, 0.25) is 0 Å². The van der Waals surface area contributed by atoms with E-state index in [0.717, 1.165) is 13.0 Å². The van der Waals surface area contributed by atoms with Gasteiger partial charge < -0.3 is 5.11 Å². The number of H-pyrrole nitrogens is 1. The zero-order valence-electron chi connectivity index (χ0n) is 10.7. The Morgan fingerprint density at radius 1 is 1.47 bits per heavy atom. The molecule has 3 atom stereocenters. The molecule has 104 valence electrons. The highest BCUT2D eigenvalue weighted by Gasteiger charge is 2.44. The predicted molar refractivity (Wildman–Crippen MR) is 66.8 cm³/mol. The number of hydrogen-bond donors (Lipinski definition) is 2. The minimum atomic E-state index is -0.380. The molecule has 19 heavy (non-hydrogen) atoms. The van der Waals surface area contributed by atoms with E-state index in [0.29, 0.717) is 12.0 Å². The molecule has 0 aromatic carbocycles. The summed E-state index contributed by atoms with van der Waals surface area (Å²) in [5.41, 5.74) is -0.197. The molecule has 0 bridgehead atoms. The summed E-state index contributed by atoms with van der Waals surface area (Å²) in [4.78, 5) is 31.2. The first-order valence-electron chi connectivity index (χ1n) is 6.46. The molecule has 0 aliphatic carbocycles. The molecule has 3 heterocycles. The van der Waals surface area contributed by atoms with Crippen molar-refractivity contribution >= 4 is 0 Å². The number of aromatic nitrogens is 2. The molecule has 7 heteroatoms. The normalized spacial score (nSPS) is 30.7. The number of aliphatic hydroxyl groups excluding tert-OH is 1. The standard InChI is InChI=1S/C12H17N3O4/c1-7-5-14(12(18)13-11(7)17)9-2-3-15-10(9)4-8(6-16)19-15/h5,8-10,16H,2-4,6H2,1H3,(H,13,17,18)/t8-,9+,10-/m1/s1. The van der Waals surface area contributed by atoms with Crippen molar-refractivity contribution < 1.29 is 9.94 Å². The van der Waals surface area contributed by atoms with Gasteiger partial charge in [-0.05, 0) is 19.8 Å². The molecule has 0 radical (unpaired) electrons. The molecule has 0 spiro atoms. The Morgan fingerprint density at radius 3 is 3.00 bits per heavy atom. The molecule has 1 aromatic rings. The quantitative estimate of drug-likeness (QED) is 0.729. The van der Waals surface area contributed by atoms with Crippen LogP contribution in [0.15, 0.2) is 15.8 Å². The molecule has 3 rings (SSSR count). The molecule has 2 aliphatic heterocycles. The first kappa shape index (κ1) is 12.6. The predicted octanol–water partition coefficient (Wildman–Crippen LogP) is -0.843. The third kappa shape index (κ3) is 2.03. The van der Waals surface area contributed by atoms with Gasteiger partial charge in [0.25, 0.3) is 5.56 Å². The topological polar surface area (TPSA) is 87.6 Å². The van der Waals surface area contributed by atoms with Crippen molar-refractivity contribution in [1.29, 1.82) is 0 Å². The lowest BCUT2D eigenvalue weighted by atomic mass is 10.0. The monoisotopic (exact) mass is 267 g/mol. The van der Waals surface area contributed by atoms with Gasteiger partial charge in [-0.25, -0.2) is 4.79 Å². The van der Waals surface area contributed by atoms with E-state index in [4.69, 9.17) is 9.94 Å². The minimum Gasteiger partial charge on any atom is -0.394 e. The van der Waals surface area contributed by atoms with Gasteiger partial charge in [0.05, 0.1) is 18.7 Å². The van der Waals surface area contributed by atoms with Gasteiger partial charge >= 0.3 is 5.69 Å². The number of hydrogen-bond acceptors (Lipinski definition) is 5. The fourth-order valence-corrected chi connectivity index (χ4v) is 2.98. The van der Waals surface area contributed by atoms with Crippen LogP contribution in [0.2, 0.25) is 0 Å². The van der Waals surface area contributed by atoms with Gasteiger partial charge in [-0.15, -0.1) is 0 Å². The lowest BCUT2D eigenvalue weighted by molar-refractivity contribution is -0.157. The Balaban J connectivity index is 1.93. The van der Waals surface area contributed by atoms with Crippen LogP contribution in [0.3, 0.4) is 0 Å². The molecule has 7 nitrogen and oxygen atoms in total. The Kier molecular flexibility index (Phi) is 3.04. The lowest BCUT2D eigenvalue weighted by Gasteiger charge is -2.20. The summed E-state index contributed by atoms with van der Waals surface area (Å²) in [5, 5.41) is 11.0. The fraction of sp³-hybridized carbons (Fsp3) is 0.667. The molecular formula is C12H17N3O4. The second-order valence-corrected chi connectivity index (χ2v) is 5.19. The van der Waals surface area contributed by atoms with E-state index in [1.54, 1.807) is 17.7 Å². The molecule has 1 aromatic heterocycles. The summed E-state index contributed by atoms with van der Waals surface area (Å²) < 4.78 is 1.59. The van der Waals surface area contributed by atoms with E-state index >= 15 is 0 Å². The maximum Gasteiger partial charge on any atom is 0.328 e. The summed E-state index contributed by atoms with van der Waals surface area (Å²) >= 11 is 0. The molecule has 0 amide bonds. The van der Waals surface area contributed by atoms with Crippen LogP contribution in [-0.2, 0) is 4.84 Å². The van der Waals surface area contributed by atoms with Gasteiger partial charge in [-0.3, -0.25) is 19.2 Å². The number of nitrogens with zero attached hydrogens (tertiary/aromatic N) is 2. The second-order valence-electron chi connectivity index (χ2n) is 5.19. The van der Waals surface area contributed by atoms with Crippen LogP contribution in [0.25, 0.3) is 0 Å². The minimum absolute atomic E-state index is 0.0143. The van der Waals surface area contributed by atoms with E-state index < -0.39 is 0 Å². The fourth-order valence-electron chi connectivity index (χ4n) is 2.98. The van der Waals surface area contributed by atoms with E-state index in [-0.39, 0.29) is 36.0 Å². The molecule has 2 aliphatic rings. The van der Waals surface area contributed by atoms with Crippen molar-refractivity contribution in [1.82, 2.24) is 14.6 Å². The van der Waals surface area contributed by atoms with Crippen molar-refractivity contribution in [2.45, 2.75) is 38.0 Å². The van der Waals surface area contributed by atoms with Crippen molar-refractivity contribution in [3.8, 4) is 0 Å². The first-order valence-corrected chi connectivity index (χ1v) is 6.46. The average Bonchev–Trinajstić information content (AvgIpc) is 2.93. The van der Waals surface area contributed by atoms with Gasteiger partial charge in [0.1, 0.15) is 6.10 Å². The van der Waals surface area contributed by atoms with Crippen LogP contribution in [0.5, 0.6) is 0 Å². The van der Waals surface area contributed by atoms with Crippen LogP contribution in [0.1, 0.15) is 24.4 Å². The second kappa shape index (κ2) is 4.59. The smallest absolute Gasteiger partial charge is 0.328 e. The molecule has 2 saturated heterocycles. The molecular weight excluding hydrogens is 250 g/mol. The van der Waals surface area contributed by atoms with Crippen LogP contribution in [-0.4, -0.2) is 45.0 Å². The Hall–Kier alpha value is -1.44. The van der Waals surface area contributed by atoms with Crippen molar-refractivity contribution in [3.05, 3.63) is 32.6 Å². The highest BCUT2D eigenvalue weighted by Crippen LogP contribution is 2.36. The van der Waals surface area contributed by atoms with Gasteiger partial charge in [-0.2, -0.15) is 5.06 Å². The van der Waals surface area contributed by atoms with Crippen LogP contribution in [0.4, 0.5) is 0 Å². The van der Waals surface area contributed by atoms with Gasteiger partial charge in [0.15, 0.2) is 0 Å². The van der Waals surface area contributed by atoms with E-state index in [2.05, 4.69) is 4.98 Å². The number of hydroxylamine groups is 2. The zero-order valence-corrected chi connectivity index (χ0v) is 10.7. The van der Waals surface area contributed by atoms with Crippen molar-refractivity contribution in [3.63, 3.8) is 0 Å². The zero-order chi connectivity index (χ0) is 13.6. The van der Waals surface area contributed by atoms with Crippen molar-refractivity contribution in [2.75, 3.05) is 13.2 Å². The highest BCUT2D eigenvalue weighted by molar-refractivity contribution is 5.04. The largest absolute Gasteiger partial charge is 0.394 e. The third-order valence-corrected chi connectivity index (χ3v) is 3.95. The number of aromatic amines is 1. The average molecular weight is 267 g/mol. The molecule has 0 unspecified atom stereocenters. The van der Waals surface area contributed by atoms with E-state index in [1.807, 2.05) is 5.06 Å². The van der Waals surface area contributed by atoms with Crippen LogP contribution < -0.4 is 11.2 Å². The lowest BCUT2D eigenvalue weighted by Crippen LogP contribution is -2.37. The number of aryl methyl sites for hydroxylation is 1. The molecule has 2 fully saturated rings. The summed E-state index contributed by atoms with van der Waals surface area (Å²) in [6.45, 7) is 2.40. The summed E-state index contributed by atoms with van der Waals surface area (Å²) in [5.74, 6) is 0. The Morgan fingerprint density at radius 2 is 2.26 bits per heavy atom. The summed E-state index contributed by atoms with van der Waals surface area (Å²) in [6, 6.07) is 0.0692. The van der Waals surface area contributed by atoms with Crippen LogP contribution >= 0.6 is 0 Å². The van der Waals surface area contributed by atoms with Crippen molar-refractivity contribution in [2.24, 2.45) is 0 Å². The number of nitrogens with one attached hydrogen (secondary N) is 1. The molecule has 2 N–H and O–H groups in total. The number of aliphatic hydroxyl groups is 1. The Labute approximate surface area is 109 Å². The maximum atomic E-state index is 11.9. The van der Waals surface area contributed by atoms with E-state index in [9.17, 15) is 9.59 Å². The maximum absolute atomic E-state index is 11.9. The summed E-state index contributed by atoms with van der Waals surface area (Å²) in [7, 11) is 0. The van der Waals surface area contributed by atoms with E-state index in [1.165, 1.54) is 0 Å². The Bertz CT molecular complexity index is 593. The number of fused-ring (bicyclic) bond motifs is 1. The third-order valence-electron chi connectivity index (χ3n) is 3.95.